The Morgan fingerprint density at radius 3 is 2.54 bits per heavy atom. The fourth-order valence-electron chi connectivity index (χ4n) is 2.92. The Labute approximate surface area is 162 Å². The molecule has 1 aromatic heterocycles. The zero-order chi connectivity index (χ0) is 20.1. The second-order valence-corrected chi connectivity index (χ2v) is 6.77. The molecule has 2 aromatic carbocycles. The summed E-state index contributed by atoms with van der Waals surface area (Å²) >= 11 is 0. The van der Waals surface area contributed by atoms with Gasteiger partial charge in [0, 0.05) is 19.5 Å². The van der Waals surface area contributed by atoms with E-state index in [9.17, 15) is 14.4 Å². The molecular weight excluding hydrogens is 358 g/mol. The van der Waals surface area contributed by atoms with Crippen LogP contribution in [0.5, 0.6) is 5.75 Å². The predicted octanol–water partition coefficient (Wildman–Crippen LogP) is 2.18. The Balaban J connectivity index is 1.60. The summed E-state index contributed by atoms with van der Waals surface area (Å²) in [4.78, 5) is 38.5. The number of aromatic nitrogens is 2. The maximum absolute atomic E-state index is 12.2. The molecule has 7 nitrogen and oxygen atoms in total. The van der Waals surface area contributed by atoms with Crippen molar-refractivity contribution >= 4 is 16.8 Å². The lowest BCUT2D eigenvalue weighted by atomic mass is 10.2. The summed E-state index contributed by atoms with van der Waals surface area (Å²) in [6.45, 7) is 4.50. The molecule has 0 unspecified atom stereocenters. The van der Waals surface area contributed by atoms with Gasteiger partial charge < -0.3 is 10.1 Å². The summed E-state index contributed by atoms with van der Waals surface area (Å²) in [5, 5.41) is 3.26. The lowest BCUT2D eigenvalue weighted by Crippen LogP contribution is -2.32. The summed E-state index contributed by atoms with van der Waals surface area (Å²) in [5.41, 5.74) is 0.532. The third-order valence-corrected chi connectivity index (χ3v) is 4.25. The quantitative estimate of drug-likeness (QED) is 0.656. The fraction of sp³-hybridized carbons (Fsp3) is 0.286. The van der Waals surface area contributed by atoms with Gasteiger partial charge in [-0.15, -0.1) is 0 Å². The molecule has 146 valence electrons. The molecule has 0 radical (unpaired) electrons. The first kappa shape index (κ1) is 19.4. The highest BCUT2D eigenvalue weighted by atomic mass is 16.5. The second-order valence-electron chi connectivity index (χ2n) is 6.77. The van der Waals surface area contributed by atoms with E-state index in [0.717, 1.165) is 11.3 Å². The Hall–Kier alpha value is -3.35. The summed E-state index contributed by atoms with van der Waals surface area (Å²) in [7, 11) is 0. The molecule has 0 aliphatic rings. The molecule has 7 heteroatoms. The summed E-state index contributed by atoms with van der Waals surface area (Å²) in [6.07, 6.45) is 0.239. The summed E-state index contributed by atoms with van der Waals surface area (Å²) < 4.78 is 7.00. The number of aryl methyl sites for hydroxylation is 1. The van der Waals surface area contributed by atoms with E-state index in [4.69, 9.17) is 4.74 Å². The molecule has 0 aliphatic carbocycles. The van der Waals surface area contributed by atoms with Crippen molar-refractivity contribution in [2.24, 2.45) is 0 Å². The number of nitrogens with zero attached hydrogens (tertiary/aromatic N) is 1. The van der Waals surface area contributed by atoms with Crippen molar-refractivity contribution < 1.29 is 9.53 Å². The van der Waals surface area contributed by atoms with Crippen molar-refractivity contribution in [3.8, 4) is 5.75 Å². The smallest absolute Gasteiger partial charge is 0.328 e. The van der Waals surface area contributed by atoms with Gasteiger partial charge in [-0.3, -0.25) is 19.1 Å². The van der Waals surface area contributed by atoms with Gasteiger partial charge in [0.2, 0.25) is 5.91 Å². The minimum Gasteiger partial charge on any atom is -0.491 e. The zero-order valence-corrected chi connectivity index (χ0v) is 15.9. The van der Waals surface area contributed by atoms with E-state index in [-0.39, 0.29) is 25.0 Å². The molecule has 0 fully saturated rings. The minimum absolute atomic E-state index is 0.109. The number of carbonyl (C=O) groups is 1. The van der Waals surface area contributed by atoms with Crippen LogP contribution >= 0.6 is 0 Å². The predicted molar refractivity (Wildman–Crippen MR) is 107 cm³/mol. The van der Waals surface area contributed by atoms with Crippen molar-refractivity contribution in [1.29, 1.82) is 0 Å². The van der Waals surface area contributed by atoms with Crippen molar-refractivity contribution in [3.05, 3.63) is 74.9 Å². The van der Waals surface area contributed by atoms with Gasteiger partial charge in [0.1, 0.15) is 5.75 Å². The first-order valence-electron chi connectivity index (χ1n) is 9.18. The Morgan fingerprint density at radius 1 is 1.11 bits per heavy atom. The third kappa shape index (κ3) is 4.68. The van der Waals surface area contributed by atoms with Crippen LogP contribution in [0.4, 0.5) is 0 Å². The SMILES string of the molecule is CC(C)Oc1ccc(CNC(=O)CCn2c(=O)[nH]c(=O)c3ccccc32)cc1. The Bertz CT molecular complexity index is 1080. The van der Waals surface area contributed by atoms with E-state index in [1.165, 1.54) is 4.57 Å². The lowest BCUT2D eigenvalue weighted by molar-refractivity contribution is -0.121. The molecule has 28 heavy (non-hydrogen) atoms. The van der Waals surface area contributed by atoms with E-state index < -0.39 is 11.2 Å². The largest absolute Gasteiger partial charge is 0.491 e. The molecule has 0 aliphatic heterocycles. The lowest BCUT2D eigenvalue weighted by Gasteiger charge is -2.11. The van der Waals surface area contributed by atoms with Gasteiger partial charge in [0.25, 0.3) is 5.56 Å². The summed E-state index contributed by atoms with van der Waals surface area (Å²) in [6, 6.07) is 14.4. The number of H-pyrrole nitrogens is 1. The molecule has 0 saturated carbocycles. The van der Waals surface area contributed by atoms with E-state index in [1.54, 1.807) is 24.3 Å². The first-order chi connectivity index (χ1) is 13.4. The molecule has 1 heterocycles. The van der Waals surface area contributed by atoms with Gasteiger partial charge in [-0.05, 0) is 43.7 Å². The average Bonchev–Trinajstić information content (AvgIpc) is 2.67. The number of nitrogens with one attached hydrogen (secondary N) is 2. The van der Waals surface area contributed by atoms with E-state index in [1.807, 2.05) is 38.1 Å². The number of carbonyl (C=O) groups excluding carboxylic acids is 1. The van der Waals surface area contributed by atoms with Gasteiger partial charge in [0.05, 0.1) is 17.0 Å². The minimum atomic E-state index is -0.516. The fourth-order valence-corrected chi connectivity index (χ4v) is 2.92. The number of hydrogen-bond acceptors (Lipinski definition) is 4. The maximum atomic E-state index is 12.2. The van der Waals surface area contributed by atoms with Gasteiger partial charge in [-0.1, -0.05) is 24.3 Å². The third-order valence-electron chi connectivity index (χ3n) is 4.25. The molecule has 0 spiro atoms. The Kier molecular flexibility index (Phi) is 5.93. The topological polar surface area (TPSA) is 93.2 Å². The highest BCUT2D eigenvalue weighted by molar-refractivity contribution is 5.78. The average molecular weight is 381 g/mol. The van der Waals surface area contributed by atoms with Crippen LogP contribution in [0.25, 0.3) is 10.9 Å². The van der Waals surface area contributed by atoms with Crippen LogP contribution in [-0.4, -0.2) is 21.6 Å². The molecule has 0 atom stereocenters. The number of hydrogen-bond donors (Lipinski definition) is 2. The van der Waals surface area contributed by atoms with Crippen LogP contribution in [0.1, 0.15) is 25.8 Å². The summed E-state index contributed by atoms with van der Waals surface area (Å²) in [5.74, 6) is 0.610. The molecule has 1 amide bonds. The van der Waals surface area contributed by atoms with Gasteiger partial charge in [-0.25, -0.2) is 4.79 Å². The number of fused-ring (bicyclic) bond motifs is 1. The van der Waals surface area contributed by atoms with Crippen LogP contribution in [0.15, 0.2) is 58.1 Å². The normalized spacial score (nSPS) is 11.0. The van der Waals surface area contributed by atoms with Crippen molar-refractivity contribution in [2.75, 3.05) is 0 Å². The monoisotopic (exact) mass is 381 g/mol. The number of amides is 1. The van der Waals surface area contributed by atoms with Crippen LogP contribution in [0, 0.1) is 0 Å². The van der Waals surface area contributed by atoms with Crippen LogP contribution < -0.4 is 21.3 Å². The molecule has 0 saturated heterocycles. The van der Waals surface area contributed by atoms with Gasteiger partial charge in [-0.2, -0.15) is 0 Å². The highest BCUT2D eigenvalue weighted by Crippen LogP contribution is 2.13. The number of para-hydroxylation sites is 1. The standard InChI is InChI=1S/C21H23N3O4/c1-14(2)28-16-9-7-15(8-10-16)13-22-19(25)11-12-24-18-6-4-3-5-17(18)20(26)23-21(24)27/h3-10,14H,11-13H2,1-2H3,(H,22,25)(H,23,26,27). The molecular formula is C21H23N3O4. The zero-order valence-electron chi connectivity index (χ0n) is 15.9. The van der Waals surface area contributed by atoms with Crippen molar-refractivity contribution in [3.63, 3.8) is 0 Å². The number of benzene rings is 2. The van der Waals surface area contributed by atoms with Crippen LogP contribution in [-0.2, 0) is 17.9 Å². The van der Waals surface area contributed by atoms with Crippen molar-refractivity contribution in [2.45, 2.75) is 39.5 Å². The highest BCUT2D eigenvalue weighted by Gasteiger charge is 2.09. The number of ether oxygens (including phenoxy) is 1. The Morgan fingerprint density at radius 2 is 1.82 bits per heavy atom. The molecule has 3 aromatic rings. The number of rotatable bonds is 7. The van der Waals surface area contributed by atoms with Gasteiger partial charge in [0.15, 0.2) is 0 Å². The molecule has 2 N–H and O–H groups in total. The maximum Gasteiger partial charge on any atom is 0.328 e. The van der Waals surface area contributed by atoms with E-state index >= 15 is 0 Å². The number of aromatic amines is 1. The first-order valence-corrected chi connectivity index (χ1v) is 9.18. The van der Waals surface area contributed by atoms with Gasteiger partial charge >= 0.3 is 5.69 Å². The second kappa shape index (κ2) is 8.56. The van der Waals surface area contributed by atoms with Crippen LogP contribution in [0.3, 0.4) is 0 Å². The van der Waals surface area contributed by atoms with Crippen molar-refractivity contribution in [1.82, 2.24) is 14.9 Å². The van der Waals surface area contributed by atoms with E-state index in [0.29, 0.717) is 17.4 Å². The van der Waals surface area contributed by atoms with E-state index in [2.05, 4.69) is 10.3 Å². The van der Waals surface area contributed by atoms with Crippen LogP contribution in [0.2, 0.25) is 0 Å². The molecule has 3 rings (SSSR count). The molecule has 0 bridgehead atoms.